The number of carbonyl (C=O) groups is 1. The van der Waals surface area contributed by atoms with Crippen molar-refractivity contribution in [3.63, 3.8) is 0 Å². The third-order valence-electron chi connectivity index (χ3n) is 3.95. The van der Waals surface area contributed by atoms with Gasteiger partial charge in [-0.15, -0.1) is 0 Å². The predicted molar refractivity (Wildman–Crippen MR) is 120 cm³/mol. The summed E-state index contributed by atoms with van der Waals surface area (Å²) in [6.45, 7) is 4.65. The average molecular weight is 510 g/mol. The number of nitrogens with zero attached hydrogens (tertiary/aromatic N) is 3. The molecule has 172 valence electrons. The molecule has 1 fully saturated rings. The van der Waals surface area contributed by atoms with Crippen LogP contribution in [0.15, 0.2) is 9.76 Å². The van der Waals surface area contributed by atoms with Crippen molar-refractivity contribution in [3.05, 3.63) is 4.60 Å². The number of aliphatic hydroxyl groups is 2. The lowest BCUT2D eigenvalue weighted by molar-refractivity contribution is -0.147. The van der Waals surface area contributed by atoms with Gasteiger partial charge in [0.1, 0.15) is 16.9 Å². The number of esters is 1. The Labute approximate surface area is 189 Å². The molecule has 2 atom stereocenters. The van der Waals surface area contributed by atoms with Gasteiger partial charge in [0.15, 0.2) is 16.8 Å². The first-order chi connectivity index (χ1) is 14.0. The SMILES string of the molecule is CC(C)(O)O.CCCSc1nc(Br)c(N)c(N(N)C2CCC(OCC(=O)OC)C2)n1. The maximum absolute atomic E-state index is 11.2. The zero-order valence-electron chi connectivity index (χ0n) is 17.8. The molecule has 0 aromatic carbocycles. The van der Waals surface area contributed by atoms with Gasteiger partial charge in [0.05, 0.1) is 13.2 Å². The second-order valence-corrected chi connectivity index (χ2v) is 9.07. The van der Waals surface area contributed by atoms with E-state index >= 15 is 0 Å². The van der Waals surface area contributed by atoms with E-state index in [0.717, 1.165) is 25.0 Å². The third kappa shape index (κ3) is 9.75. The fourth-order valence-corrected chi connectivity index (χ4v) is 3.76. The highest BCUT2D eigenvalue weighted by Gasteiger charge is 2.31. The molecule has 1 aliphatic carbocycles. The lowest BCUT2D eigenvalue weighted by Crippen LogP contribution is -2.41. The van der Waals surface area contributed by atoms with Crippen molar-refractivity contribution in [3.8, 4) is 0 Å². The molecule has 1 aliphatic rings. The number of carbonyl (C=O) groups excluding carboxylic acids is 1. The number of nitrogens with two attached hydrogens (primary N) is 2. The van der Waals surface area contributed by atoms with E-state index in [0.29, 0.717) is 27.7 Å². The number of anilines is 2. The summed E-state index contributed by atoms with van der Waals surface area (Å²) in [6.07, 6.45) is 3.35. The number of hydrogen-bond acceptors (Lipinski definition) is 11. The molecule has 0 amide bonds. The summed E-state index contributed by atoms with van der Waals surface area (Å²) in [4.78, 5) is 20.0. The molecule has 1 saturated carbocycles. The molecule has 12 heteroatoms. The molecule has 2 rings (SSSR count). The summed E-state index contributed by atoms with van der Waals surface area (Å²) < 4.78 is 10.7. The van der Waals surface area contributed by atoms with Gasteiger partial charge < -0.3 is 25.4 Å². The highest BCUT2D eigenvalue weighted by Crippen LogP contribution is 2.34. The van der Waals surface area contributed by atoms with Crippen LogP contribution in [0.5, 0.6) is 0 Å². The van der Waals surface area contributed by atoms with Crippen molar-refractivity contribution in [1.82, 2.24) is 9.97 Å². The Bertz CT molecular complexity index is 686. The number of nitrogen functional groups attached to an aromatic ring is 1. The predicted octanol–water partition coefficient (Wildman–Crippen LogP) is 1.82. The van der Waals surface area contributed by atoms with Crippen LogP contribution in [0.2, 0.25) is 0 Å². The summed E-state index contributed by atoms with van der Waals surface area (Å²) in [5.41, 5.74) is 6.52. The first-order valence-electron chi connectivity index (χ1n) is 9.59. The lowest BCUT2D eigenvalue weighted by Gasteiger charge is -2.26. The molecule has 0 saturated heterocycles. The Balaban J connectivity index is 0.000000804. The zero-order chi connectivity index (χ0) is 22.9. The molecule has 0 bridgehead atoms. The molecule has 0 aliphatic heterocycles. The van der Waals surface area contributed by atoms with Gasteiger partial charge in [0, 0.05) is 11.8 Å². The minimum absolute atomic E-state index is 0.0319. The molecular weight excluding hydrogens is 478 g/mol. The van der Waals surface area contributed by atoms with E-state index in [1.807, 2.05) is 0 Å². The van der Waals surface area contributed by atoms with Gasteiger partial charge in [0.25, 0.3) is 0 Å². The highest BCUT2D eigenvalue weighted by molar-refractivity contribution is 9.10. The molecule has 2 unspecified atom stereocenters. The standard InChI is InChI=1S/C15H24BrN5O3S.C3H8O2/c1-3-6-25-15-19-13(16)12(17)14(20-15)21(18)9-4-5-10(7-9)24-8-11(22)23-2;1-3(2,4)5/h9-10H,3-8,17-18H2,1-2H3;4-5H,1-2H3. The minimum Gasteiger partial charge on any atom is -0.467 e. The van der Waals surface area contributed by atoms with Crippen molar-refractivity contribution >= 4 is 45.2 Å². The molecule has 0 radical (unpaired) electrons. The topological polar surface area (TPSA) is 157 Å². The fourth-order valence-electron chi connectivity index (χ4n) is 2.61. The number of ether oxygens (including phenoxy) is 2. The van der Waals surface area contributed by atoms with E-state index in [4.69, 9.17) is 26.5 Å². The molecule has 1 aromatic rings. The first-order valence-corrected chi connectivity index (χ1v) is 11.4. The summed E-state index contributed by atoms with van der Waals surface area (Å²) in [6, 6.07) is 0.0378. The lowest BCUT2D eigenvalue weighted by atomic mass is 10.2. The van der Waals surface area contributed by atoms with Crippen molar-refractivity contribution in [2.45, 2.75) is 69.5 Å². The van der Waals surface area contributed by atoms with Crippen LogP contribution in [0.25, 0.3) is 0 Å². The van der Waals surface area contributed by atoms with Gasteiger partial charge in [-0.3, -0.25) is 5.01 Å². The molecule has 10 nitrogen and oxygen atoms in total. The number of rotatable bonds is 8. The molecule has 0 spiro atoms. The monoisotopic (exact) mass is 509 g/mol. The second-order valence-electron chi connectivity index (χ2n) is 7.26. The van der Waals surface area contributed by atoms with Crippen molar-refractivity contribution in [2.24, 2.45) is 5.84 Å². The van der Waals surface area contributed by atoms with E-state index in [1.54, 1.807) is 16.8 Å². The smallest absolute Gasteiger partial charge is 0.331 e. The van der Waals surface area contributed by atoms with Crippen LogP contribution in [0.3, 0.4) is 0 Å². The van der Waals surface area contributed by atoms with E-state index < -0.39 is 5.79 Å². The normalized spacial score (nSPS) is 18.5. The summed E-state index contributed by atoms with van der Waals surface area (Å²) in [7, 11) is 1.34. The van der Waals surface area contributed by atoms with Crippen LogP contribution < -0.4 is 16.6 Å². The van der Waals surface area contributed by atoms with Crippen molar-refractivity contribution < 1.29 is 24.5 Å². The number of methoxy groups -OCH3 is 1. The number of hydrazine groups is 1. The minimum atomic E-state index is -1.50. The Hall–Kier alpha value is -1.18. The summed E-state index contributed by atoms with van der Waals surface area (Å²) in [5.74, 6) is 5.85. The maximum Gasteiger partial charge on any atom is 0.331 e. The van der Waals surface area contributed by atoms with Crippen LogP contribution in [0.1, 0.15) is 46.5 Å². The molecule has 1 aromatic heterocycles. The van der Waals surface area contributed by atoms with E-state index in [9.17, 15) is 4.79 Å². The summed E-state index contributed by atoms with van der Waals surface area (Å²) >= 11 is 4.94. The second kappa shape index (κ2) is 12.6. The Morgan fingerprint density at radius 2 is 2.00 bits per heavy atom. The third-order valence-corrected chi connectivity index (χ3v) is 5.61. The number of thioether (sulfide) groups is 1. The number of aromatic nitrogens is 2. The Morgan fingerprint density at radius 3 is 2.57 bits per heavy atom. The van der Waals surface area contributed by atoms with Crippen LogP contribution in [0, 0.1) is 0 Å². The number of hydrogen-bond donors (Lipinski definition) is 4. The van der Waals surface area contributed by atoms with E-state index in [-0.39, 0.29) is 24.7 Å². The van der Waals surface area contributed by atoms with Gasteiger partial charge >= 0.3 is 5.97 Å². The molecule has 30 heavy (non-hydrogen) atoms. The Kier molecular flexibility index (Phi) is 11.3. The van der Waals surface area contributed by atoms with Crippen molar-refractivity contribution in [2.75, 3.05) is 30.2 Å². The quantitative estimate of drug-likeness (QED) is 0.0769. The van der Waals surface area contributed by atoms with Crippen molar-refractivity contribution in [1.29, 1.82) is 0 Å². The molecule has 1 heterocycles. The number of halogens is 1. The van der Waals surface area contributed by atoms with Crippen LogP contribution in [-0.2, 0) is 14.3 Å². The van der Waals surface area contributed by atoms with Gasteiger partial charge in [-0.05, 0) is 55.5 Å². The zero-order valence-corrected chi connectivity index (χ0v) is 20.2. The van der Waals surface area contributed by atoms with Gasteiger partial charge in [-0.2, -0.15) is 0 Å². The van der Waals surface area contributed by atoms with Gasteiger partial charge in [0.2, 0.25) is 0 Å². The average Bonchev–Trinajstić information content (AvgIpc) is 3.14. The fraction of sp³-hybridized carbons (Fsp3) is 0.722. The van der Waals surface area contributed by atoms with Crippen LogP contribution in [-0.4, -0.2) is 63.6 Å². The molecular formula is C18H32BrN5O5S. The maximum atomic E-state index is 11.2. The first kappa shape index (κ1) is 26.9. The summed E-state index contributed by atoms with van der Waals surface area (Å²) in [5, 5.41) is 18.4. The molecule has 6 N–H and O–H groups in total. The van der Waals surface area contributed by atoms with Gasteiger partial charge in [-0.1, -0.05) is 18.7 Å². The van der Waals surface area contributed by atoms with E-state index in [2.05, 4.69) is 37.6 Å². The van der Waals surface area contributed by atoms with E-state index in [1.165, 1.54) is 21.0 Å². The largest absolute Gasteiger partial charge is 0.467 e. The van der Waals surface area contributed by atoms with Gasteiger partial charge in [-0.25, -0.2) is 20.6 Å². The Morgan fingerprint density at radius 1 is 1.37 bits per heavy atom. The highest BCUT2D eigenvalue weighted by atomic mass is 79.9. The van der Waals surface area contributed by atoms with Crippen LogP contribution >= 0.6 is 27.7 Å². The van der Waals surface area contributed by atoms with Crippen LogP contribution in [0.4, 0.5) is 11.5 Å².